The Hall–Kier alpha value is -0.570. The van der Waals surface area contributed by atoms with Crippen LogP contribution in [0.25, 0.3) is 0 Å². The minimum atomic E-state index is 0.0625. The van der Waals surface area contributed by atoms with Crippen LogP contribution in [0.3, 0.4) is 0 Å². The lowest BCUT2D eigenvalue weighted by Crippen LogP contribution is -2.43. The summed E-state index contributed by atoms with van der Waals surface area (Å²) < 4.78 is 0. The predicted molar refractivity (Wildman–Crippen MR) is 49.0 cm³/mol. The smallest absolute Gasteiger partial charge is 0.239 e. The highest BCUT2D eigenvalue weighted by Gasteiger charge is 2.23. The molecule has 1 atom stereocenters. The van der Waals surface area contributed by atoms with E-state index in [1.54, 1.807) is 0 Å². The highest BCUT2D eigenvalue weighted by Crippen LogP contribution is 2.11. The second-order valence-corrected chi connectivity index (χ2v) is 3.25. The Balaban J connectivity index is 2.59. The average Bonchev–Trinajstić information content (AvgIpc) is 2.27. The lowest BCUT2D eigenvalue weighted by atomic mass is 10.1. The lowest BCUT2D eigenvalue weighted by molar-refractivity contribution is -0.132. The van der Waals surface area contributed by atoms with Crippen molar-refractivity contribution in [1.82, 2.24) is 10.2 Å². The summed E-state index contributed by atoms with van der Waals surface area (Å²) in [4.78, 5) is 13.6. The molecule has 0 spiro atoms. The van der Waals surface area contributed by atoms with E-state index >= 15 is 0 Å². The quantitative estimate of drug-likeness (QED) is 0.658. The van der Waals surface area contributed by atoms with Gasteiger partial charge in [0.1, 0.15) is 0 Å². The Bertz CT molecular complexity index is 143. The number of rotatable bonds is 2. The predicted octanol–water partition coefficient (Wildman–Crippen LogP) is 0.607. The molecule has 1 amide bonds. The van der Waals surface area contributed by atoms with E-state index in [1.165, 1.54) is 0 Å². The third-order valence-electron chi connectivity index (χ3n) is 2.51. The zero-order chi connectivity index (χ0) is 8.97. The number of likely N-dealkylation sites (tertiary alicyclic amines) is 1. The molecule has 0 radical (unpaired) electrons. The van der Waals surface area contributed by atoms with Crippen molar-refractivity contribution in [1.29, 1.82) is 0 Å². The van der Waals surface area contributed by atoms with Crippen LogP contribution in [0.2, 0.25) is 0 Å². The van der Waals surface area contributed by atoms with Gasteiger partial charge in [-0.2, -0.15) is 0 Å². The third-order valence-corrected chi connectivity index (χ3v) is 2.51. The number of nitrogens with zero attached hydrogens (tertiary/aromatic N) is 1. The number of hydrogen-bond acceptors (Lipinski definition) is 2. The molecule has 1 unspecified atom stereocenters. The van der Waals surface area contributed by atoms with E-state index in [4.69, 9.17) is 0 Å². The minimum absolute atomic E-state index is 0.0625. The lowest BCUT2D eigenvalue weighted by Gasteiger charge is -2.22. The molecule has 0 aliphatic carbocycles. The summed E-state index contributed by atoms with van der Waals surface area (Å²) in [5.74, 6) is 0.275. The Kier molecular flexibility index (Phi) is 3.53. The van der Waals surface area contributed by atoms with Gasteiger partial charge in [-0.15, -0.1) is 0 Å². The van der Waals surface area contributed by atoms with Gasteiger partial charge in [0.05, 0.1) is 6.04 Å². The molecule has 0 aromatic heterocycles. The van der Waals surface area contributed by atoms with Gasteiger partial charge in [0, 0.05) is 13.1 Å². The van der Waals surface area contributed by atoms with Crippen molar-refractivity contribution < 1.29 is 4.79 Å². The summed E-state index contributed by atoms with van der Waals surface area (Å²) in [6.07, 6.45) is 3.30. The maximum absolute atomic E-state index is 11.7. The molecule has 0 aromatic rings. The van der Waals surface area contributed by atoms with Crippen molar-refractivity contribution in [2.75, 3.05) is 20.1 Å². The molecule has 1 fully saturated rings. The van der Waals surface area contributed by atoms with Crippen LogP contribution in [0.4, 0.5) is 0 Å². The number of nitrogens with one attached hydrogen (secondary N) is 1. The van der Waals surface area contributed by atoms with Crippen molar-refractivity contribution >= 4 is 5.91 Å². The number of hydrogen-bond donors (Lipinski definition) is 1. The molecule has 1 saturated heterocycles. The summed E-state index contributed by atoms with van der Waals surface area (Å²) in [7, 11) is 1.86. The highest BCUT2D eigenvalue weighted by molar-refractivity contribution is 5.82. The summed E-state index contributed by atoms with van der Waals surface area (Å²) in [5, 5.41) is 3.07. The van der Waals surface area contributed by atoms with E-state index in [-0.39, 0.29) is 11.9 Å². The second-order valence-electron chi connectivity index (χ2n) is 3.25. The topological polar surface area (TPSA) is 32.3 Å². The van der Waals surface area contributed by atoms with E-state index in [2.05, 4.69) is 5.32 Å². The SMILES string of the molecule is CCN1CCCCC(NC)C1=O. The van der Waals surface area contributed by atoms with E-state index in [0.29, 0.717) is 0 Å². The number of carbonyl (C=O) groups excluding carboxylic acids is 1. The van der Waals surface area contributed by atoms with Gasteiger partial charge in [-0.3, -0.25) is 4.79 Å². The third kappa shape index (κ3) is 1.97. The highest BCUT2D eigenvalue weighted by atomic mass is 16.2. The first-order chi connectivity index (χ1) is 5.79. The molecule has 70 valence electrons. The largest absolute Gasteiger partial charge is 0.342 e. The van der Waals surface area contributed by atoms with Gasteiger partial charge < -0.3 is 10.2 Å². The maximum Gasteiger partial charge on any atom is 0.239 e. The summed E-state index contributed by atoms with van der Waals surface area (Å²) in [5.41, 5.74) is 0. The fourth-order valence-corrected chi connectivity index (χ4v) is 1.69. The van der Waals surface area contributed by atoms with Crippen LogP contribution < -0.4 is 5.32 Å². The minimum Gasteiger partial charge on any atom is -0.342 e. The molecule has 1 N–H and O–H groups in total. The monoisotopic (exact) mass is 170 g/mol. The van der Waals surface area contributed by atoms with Crippen LogP contribution in [0.5, 0.6) is 0 Å². The Labute approximate surface area is 74.1 Å². The van der Waals surface area contributed by atoms with Gasteiger partial charge in [0.25, 0.3) is 0 Å². The molecule has 1 heterocycles. The van der Waals surface area contributed by atoms with Crippen LogP contribution in [0.1, 0.15) is 26.2 Å². The summed E-state index contributed by atoms with van der Waals surface area (Å²) in [6, 6.07) is 0.0625. The Morgan fingerprint density at radius 1 is 1.58 bits per heavy atom. The molecule has 12 heavy (non-hydrogen) atoms. The number of amides is 1. The normalized spacial score (nSPS) is 25.7. The molecule has 1 aliphatic heterocycles. The van der Waals surface area contributed by atoms with Crippen molar-refractivity contribution in [2.24, 2.45) is 0 Å². The van der Waals surface area contributed by atoms with Crippen molar-refractivity contribution in [3.63, 3.8) is 0 Å². The van der Waals surface area contributed by atoms with Crippen LogP contribution in [-0.4, -0.2) is 37.0 Å². The van der Waals surface area contributed by atoms with Crippen LogP contribution in [-0.2, 0) is 4.79 Å². The first-order valence-electron chi connectivity index (χ1n) is 4.75. The van der Waals surface area contributed by atoms with Gasteiger partial charge in [-0.1, -0.05) is 0 Å². The number of carbonyl (C=O) groups is 1. The van der Waals surface area contributed by atoms with Crippen LogP contribution >= 0.6 is 0 Å². The first kappa shape index (κ1) is 9.52. The van der Waals surface area contributed by atoms with Gasteiger partial charge in [0.15, 0.2) is 0 Å². The maximum atomic E-state index is 11.7. The van der Waals surface area contributed by atoms with Gasteiger partial charge in [0.2, 0.25) is 5.91 Å². The van der Waals surface area contributed by atoms with E-state index < -0.39 is 0 Å². The molecule has 3 heteroatoms. The van der Waals surface area contributed by atoms with Gasteiger partial charge in [-0.05, 0) is 33.2 Å². The van der Waals surface area contributed by atoms with Gasteiger partial charge >= 0.3 is 0 Å². The number of likely N-dealkylation sites (N-methyl/N-ethyl adjacent to an activating group) is 2. The van der Waals surface area contributed by atoms with E-state index in [1.807, 2.05) is 18.9 Å². The zero-order valence-corrected chi connectivity index (χ0v) is 7.97. The van der Waals surface area contributed by atoms with Crippen LogP contribution in [0.15, 0.2) is 0 Å². The molecule has 1 aliphatic rings. The van der Waals surface area contributed by atoms with Crippen LogP contribution in [0, 0.1) is 0 Å². The fourth-order valence-electron chi connectivity index (χ4n) is 1.69. The summed E-state index contributed by atoms with van der Waals surface area (Å²) >= 11 is 0. The van der Waals surface area contributed by atoms with E-state index in [9.17, 15) is 4.79 Å². The van der Waals surface area contributed by atoms with Gasteiger partial charge in [-0.25, -0.2) is 0 Å². The Morgan fingerprint density at radius 3 is 2.92 bits per heavy atom. The summed E-state index contributed by atoms with van der Waals surface area (Å²) in [6.45, 7) is 3.82. The van der Waals surface area contributed by atoms with Crippen molar-refractivity contribution in [2.45, 2.75) is 32.2 Å². The average molecular weight is 170 g/mol. The first-order valence-corrected chi connectivity index (χ1v) is 4.75. The fraction of sp³-hybridized carbons (Fsp3) is 0.889. The van der Waals surface area contributed by atoms with E-state index in [0.717, 1.165) is 32.4 Å². The second kappa shape index (κ2) is 4.45. The molecule has 3 nitrogen and oxygen atoms in total. The molecule has 0 aromatic carbocycles. The molecular weight excluding hydrogens is 152 g/mol. The molecule has 0 bridgehead atoms. The standard InChI is InChI=1S/C9H18N2O/c1-3-11-7-5-4-6-8(10-2)9(11)12/h8,10H,3-7H2,1-2H3. The molecule has 1 rings (SSSR count). The van der Waals surface area contributed by atoms with Crippen molar-refractivity contribution in [3.05, 3.63) is 0 Å². The Morgan fingerprint density at radius 2 is 2.33 bits per heavy atom. The van der Waals surface area contributed by atoms with Crippen molar-refractivity contribution in [3.8, 4) is 0 Å². The molecule has 0 saturated carbocycles. The zero-order valence-electron chi connectivity index (χ0n) is 7.97. The molecular formula is C9H18N2O.